The van der Waals surface area contributed by atoms with Crippen LogP contribution in [0.4, 0.5) is 15.8 Å². The van der Waals surface area contributed by atoms with Crippen LogP contribution in [0.1, 0.15) is 18.6 Å². The van der Waals surface area contributed by atoms with Gasteiger partial charge in [-0.3, -0.25) is 0 Å². The lowest BCUT2D eigenvalue weighted by Crippen LogP contribution is -2.25. The number of benzene rings is 1. The molecular weight excluding hydrogens is 267 g/mol. The minimum Gasteiger partial charge on any atom is -0.467 e. The average molecular weight is 281 g/mol. The number of anilines is 2. The summed E-state index contributed by atoms with van der Waals surface area (Å²) in [6, 6.07) is 7.00. The lowest BCUT2D eigenvalue weighted by molar-refractivity contribution is 0.501. The zero-order valence-electron chi connectivity index (χ0n) is 10.3. The SMILES string of the molecule is Nc1cc(Cl)c(F)cc1N(Cc1ccco1)C1CC1. The average Bonchev–Trinajstić information content (AvgIpc) is 3.09. The van der Waals surface area contributed by atoms with E-state index in [9.17, 15) is 4.39 Å². The van der Waals surface area contributed by atoms with Gasteiger partial charge in [-0.25, -0.2) is 4.39 Å². The summed E-state index contributed by atoms with van der Waals surface area (Å²) in [5, 5.41) is 0.0509. The van der Waals surface area contributed by atoms with Crippen LogP contribution < -0.4 is 10.6 Å². The van der Waals surface area contributed by atoms with E-state index in [1.807, 2.05) is 12.1 Å². The first-order valence-electron chi connectivity index (χ1n) is 6.18. The molecule has 0 amide bonds. The third kappa shape index (κ3) is 2.54. The Balaban J connectivity index is 1.94. The fourth-order valence-electron chi connectivity index (χ4n) is 2.17. The van der Waals surface area contributed by atoms with Gasteiger partial charge in [-0.05, 0) is 31.0 Å². The molecule has 5 heteroatoms. The Hall–Kier alpha value is -1.68. The van der Waals surface area contributed by atoms with E-state index in [-0.39, 0.29) is 5.02 Å². The second kappa shape index (κ2) is 4.78. The Morgan fingerprint density at radius 1 is 1.42 bits per heavy atom. The van der Waals surface area contributed by atoms with Crippen LogP contribution in [0.15, 0.2) is 34.9 Å². The molecular formula is C14H14ClFN2O. The maximum Gasteiger partial charge on any atom is 0.144 e. The normalized spacial score (nSPS) is 14.6. The van der Waals surface area contributed by atoms with Gasteiger partial charge in [-0.1, -0.05) is 11.6 Å². The van der Waals surface area contributed by atoms with Crippen molar-refractivity contribution in [2.45, 2.75) is 25.4 Å². The standard InChI is InChI=1S/C14H14ClFN2O/c15-11-6-13(17)14(7-12(11)16)18(9-3-4-9)8-10-2-1-5-19-10/h1-2,5-7,9H,3-4,8,17H2. The number of hydrogen-bond acceptors (Lipinski definition) is 3. The first-order chi connectivity index (χ1) is 9.15. The van der Waals surface area contributed by atoms with E-state index in [4.69, 9.17) is 21.8 Å². The Morgan fingerprint density at radius 2 is 2.21 bits per heavy atom. The van der Waals surface area contributed by atoms with Crippen molar-refractivity contribution in [2.75, 3.05) is 10.6 Å². The first kappa shape index (κ1) is 12.4. The van der Waals surface area contributed by atoms with Crippen molar-refractivity contribution in [3.8, 4) is 0 Å². The highest BCUT2D eigenvalue weighted by Gasteiger charge is 2.31. The van der Waals surface area contributed by atoms with Gasteiger partial charge in [-0.2, -0.15) is 0 Å². The fraction of sp³-hybridized carbons (Fsp3) is 0.286. The predicted molar refractivity (Wildman–Crippen MR) is 73.7 cm³/mol. The van der Waals surface area contributed by atoms with Crippen LogP contribution in [0.25, 0.3) is 0 Å². The molecule has 1 heterocycles. The number of halogens is 2. The van der Waals surface area contributed by atoms with Gasteiger partial charge in [0.05, 0.1) is 29.2 Å². The van der Waals surface area contributed by atoms with Gasteiger partial charge < -0.3 is 15.1 Å². The van der Waals surface area contributed by atoms with Crippen LogP contribution in [-0.4, -0.2) is 6.04 Å². The molecule has 1 aromatic heterocycles. The summed E-state index contributed by atoms with van der Waals surface area (Å²) in [4.78, 5) is 2.08. The van der Waals surface area contributed by atoms with E-state index in [2.05, 4.69) is 4.90 Å². The molecule has 1 fully saturated rings. The van der Waals surface area contributed by atoms with Crippen molar-refractivity contribution in [2.24, 2.45) is 0 Å². The van der Waals surface area contributed by atoms with Crippen LogP contribution in [0.2, 0.25) is 5.02 Å². The predicted octanol–water partition coefficient (Wildman–Crippen LogP) is 3.82. The minimum absolute atomic E-state index is 0.0509. The summed E-state index contributed by atoms with van der Waals surface area (Å²) in [6.45, 7) is 0.586. The molecule has 2 aromatic rings. The van der Waals surface area contributed by atoms with Gasteiger partial charge >= 0.3 is 0 Å². The third-order valence-corrected chi connectivity index (χ3v) is 3.56. The highest BCUT2D eigenvalue weighted by atomic mass is 35.5. The largest absolute Gasteiger partial charge is 0.467 e. The molecule has 0 bridgehead atoms. The van der Waals surface area contributed by atoms with Crippen molar-refractivity contribution in [3.05, 3.63) is 47.1 Å². The molecule has 1 aliphatic carbocycles. The lowest BCUT2D eigenvalue weighted by atomic mass is 10.2. The second-order valence-corrected chi connectivity index (χ2v) is 5.17. The second-order valence-electron chi connectivity index (χ2n) is 4.76. The summed E-state index contributed by atoms with van der Waals surface area (Å²) in [7, 11) is 0. The molecule has 100 valence electrons. The van der Waals surface area contributed by atoms with Crippen LogP contribution in [0, 0.1) is 5.82 Å². The van der Waals surface area contributed by atoms with Crippen LogP contribution in [0.3, 0.4) is 0 Å². The Bertz CT molecular complexity index is 581. The van der Waals surface area contributed by atoms with Crippen LogP contribution in [0.5, 0.6) is 0 Å². The van der Waals surface area contributed by atoms with Gasteiger partial charge in [0.1, 0.15) is 11.6 Å². The summed E-state index contributed by atoms with van der Waals surface area (Å²) in [6.07, 6.45) is 3.81. The number of hydrogen-bond donors (Lipinski definition) is 1. The quantitative estimate of drug-likeness (QED) is 0.866. The van der Waals surface area contributed by atoms with Gasteiger partial charge in [0, 0.05) is 12.1 Å². The maximum absolute atomic E-state index is 13.6. The van der Waals surface area contributed by atoms with Crippen molar-refractivity contribution >= 4 is 23.0 Å². The lowest BCUT2D eigenvalue weighted by Gasteiger charge is -2.25. The molecule has 2 N–H and O–H groups in total. The molecule has 1 saturated carbocycles. The molecule has 0 spiro atoms. The molecule has 19 heavy (non-hydrogen) atoms. The first-order valence-corrected chi connectivity index (χ1v) is 6.56. The monoisotopic (exact) mass is 280 g/mol. The van der Waals surface area contributed by atoms with Crippen LogP contribution in [-0.2, 0) is 6.54 Å². The fourth-order valence-corrected chi connectivity index (χ4v) is 2.34. The van der Waals surface area contributed by atoms with E-state index in [0.29, 0.717) is 24.0 Å². The zero-order chi connectivity index (χ0) is 13.4. The molecule has 3 rings (SSSR count). The number of nitrogens with two attached hydrogens (primary N) is 1. The number of furan rings is 1. The van der Waals surface area contributed by atoms with Crippen LogP contribution >= 0.6 is 11.6 Å². The number of nitrogen functional groups attached to an aromatic ring is 1. The molecule has 0 radical (unpaired) electrons. The van der Waals surface area contributed by atoms with Gasteiger partial charge in [0.25, 0.3) is 0 Å². The highest BCUT2D eigenvalue weighted by molar-refractivity contribution is 6.31. The van der Waals surface area contributed by atoms with Crippen molar-refractivity contribution in [1.82, 2.24) is 0 Å². The third-order valence-electron chi connectivity index (χ3n) is 3.27. The topological polar surface area (TPSA) is 42.4 Å². The van der Waals surface area contributed by atoms with Gasteiger partial charge in [-0.15, -0.1) is 0 Å². The summed E-state index contributed by atoms with van der Waals surface area (Å²) >= 11 is 5.74. The maximum atomic E-state index is 13.6. The molecule has 3 nitrogen and oxygen atoms in total. The van der Waals surface area contributed by atoms with Crippen molar-refractivity contribution in [3.63, 3.8) is 0 Å². The van der Waals surface area contributed by atoms with Gasteiger partial charge in [0.15, 0.2) is 0 Å². The van der Waals surface area contributed by atoms with E-state index in [1.54, 1.807) is 6.26 Å². The Labute approximate surface area is 115 Å². The summed E-state index contributed by atoms with van der Waals surface area (Å²) in [5.41, 5.74) is 7.13. The van der Waals surface area contributed by atoms with Gasteiger partial charge in [0.2, 0.25) is 0 Å². The number of rotatable bonds is 4. The van der Waals surface area contributed by atoms with E-state index >= 15 is 0 Å². The molecule has 1 aliphatic rings. The molecule has 0 saturated heterocycles. The molecule has 0 atom stereocenters. The number of nitrogens with zero attached hydrogens (tertiary/aromatic N) is 1. The van der Waals surface area contributed by atoms with Crippen molar-refractivity contribution in [1.29, 1.82) is 0 Å². The molecule has 0 aliphatic heterocycles. The molecule has 0 unspecified atom stereocenters. The van der Waals surface area contributed by atoms with E-state index < -0.39 is 5.82 Å². The Kier molecular flexibility index (Phi) is 3.11. The van der Waals surface area contributed by atoms with Crippen molar-refractivity contribution < 1.29 is 8.81 Å². The minimum atomic E-state index is -0.448. The smallest absolute Gasteiger partial charge is 0.144 e. The summed E-state index contributed by atoms with van der Waals surface area (Å²) in [5.74, 6) is 0.387. The Morgan fingerprint density at radius 3 is 2.84 bits per heavy atom. The van der Waals surface area contributed by atoms with E-state index in [1.165, 1.54) is 12.1 Å². The molecule has 1 aromatic carbocycles. The zero-order valence-corrected chi connectivity index (χ0v) is 11.0. The highest BCUT2D eigenvalue weighted by Crippen LogP contribution is 2.38. The van der Waals surface area contributed by atoms with E-state index in [0.717, 1.165) is 18.6 Å². The summed E-state index contributed by atoms with van der Waals surface area (Å²) < 4.78 is 19.0.